The van der Waals surface area contributed by atoms with Crippen molar-refractivity contribution >= 4 is 38.9 Å². The Morgan fingerprint density at radius 1 is 1.40 bits per heavy atom. The third-order valence-electron chi connectivity index (χ3n) is 2.92. The van der Waals surface area contributed by atoms with E-state index >= 15 is 0 Å². The fraction of sp³-hybridized carbons (Fsp3) is 0.286. The second-order valence-electron chi connectivity index (χ2n) is 4.21. The molecule has 2 N–H and O–H groups in total. The molecule has 20 heavy (non-hydrogen) atoms. The Balaban J connectivity index is 2.07. The van der Waals surface area contributed by atoms with E-state index in [-0.39, 0.29) is 12.6 Å². The molecule has 108 valence electrons. The lowest BCUT2D eigenvalue weighted by Gasteiger charge is -2.18. The highest BCUT2D eigenvalue weighted by Gasteiger charge is 2.14. The molecule has 0 aliphatic carbocycles. The molecule has 0 radical (unpaired) electrons. The third-order valence-corrected chi connectivity index (χ3v) is 4.84. The number of aliphatic hydroxyl groups is 1. The zero-order chi connectivity index (χ0) is 14.5. The van der Waals surface area contributed by atoms with E-state index in [4.69, 9.17) is 16.3 Å². The van der Waals surface area contributed by atoms with Crippen molar-refractivity contribution in [1.29, 1.82) is 0 Å². The quantitative estimate of drug-likeness (QED) is 0.801. The molecule has 3 nitrogen and oxygen atoms in total. The molecule has 0 amide bonds. The fourth-order valence-corrected chi connectivity index (χ4v) is 3.53. The molecule has 2 rings (SSSR count). The molecule has 0 saturated carbocycles. The smallest absolute Gasteiger partial charge is 0.120 e. The number of benzene rings is 1. The normalized spacial score (nSPS) is 12.4. The molecule has 0 aliphatic rings. The molecular weight excluding hydrogens is 362 g/mol. The van der Waals surface area contributed by atoms with Crippen molar-refractivity contribution < 1.29 is 9.84 Å². The summed E-state index contributed by atoms with van der Waals surface area (Å²) in [6.45, 7) is 0.686. The van der Waals surface area contributed by atoms with E-state index in [0.29, 0.717) is 6.54 Å². The number of hydrogen-bond acceptors (Lipinski definition) is 4. The zero-order valence-electron chi connectivity index (χ0n) is 10.9. The molecule has 6 heteroatoms. The second kappa shape index (κ2) is 7.43. The van der Waals surface area contributed by atoms with Crippen molar-refractivity contribution in [1.82, 2.24) is 5.32 Å². The van der Waals surface area contributed by atoms with E-state index in [9.17, 15) is 5.11 Å². The number of halogens is 2. The van der Waals surface area contributed by atoms with E-state index in [1.807, 2.05) is 30.3 Å². The van der Waals surface area contributed by atoms with Crippen molar-refractivity contribution in [3.8, 4) is 5.75 Å². The molecule has 0 unspecified atom stereocenters. The third kappa shape index (κ3) is 3.96. The van der Waals surface area contributed by atoms with Crippen molar-refractivity contribution in [3.63, 3.8) is 0 Å². The summed E-state index contributed by atoms with van der Waals surface area (Å²) in [5, 5.41) is 12.9. The summed E-state index contributed by atoms with van der Waals surface area (Å²) >= 11 is 11.0. The summed E-state index contributed by atoms with van der Waals surface area (Å²) < 4.78 is 6.85. The SMILES string of the molecule is COc1ccc([C@@H](CO)NCc2ccc(Cl)s2)c(Br)c1. The van der Waals surface area contributed by atoms with Gasteiger partial charge in [0.2, 0.25) is 0 Å². The molecule has 0 bridgehead atoms. The first-order valence-electron chi connectivity index (χ1n) is 6.06. The topological polar surface area (TPSA) is 41.5 Å². The van der Waals surface area contributed by atoms with Crippen LogP contribution in [0.3, 0.4) is 0 Å². The summed E-state index contributed by atoms with van der Waals surface area (Å²) in [6, 6.07) is 9.43. The van der Waals surface area contributed by atoms with Crippen LogP contribution in [0.2, 0.25) is 4.34 Å². The minimum Gasteiger partial charge on any atom is -0.497 e. The molecule has 0 fully saturated rings. The van der Waals surface area contributed by atoms with E-state index in [1.54, 1.807) is 7.11 Å². The van der Waals surface area contributed by atoms with Gasteiger partial charge in [0.15, 0.2) is 0 Å². The number of methoxy groups -OCH3 is 1. The van der Waals surface area contributed by atoms with Gasteiger partial charge in [0.05, 0.1) is 24.1 Å². The maximum atomic E-state index is 9.58. The van der Waals surface area contributed by atoms with Crippen LogP contribution in [0.5, 0.6) is 5.75 Å². The number of nitrogens with one attached hydrogen (secondary N) is 1. The number of rotatable bonds is 6. The van der Waals surface area contributed by atoms with Crippen LogP contribution >= 0.6 is 38.9 Å². The largest absolute Gasteiger partial charge is 0.497 e. The Morgan fingerprint density at radius 2 is 2.20 bits per heavy atom. The highest BCUT2D eigenvalue weighted by molar-refractivity contribution is 9.10. The van der Waals surface area contributed by atoms with Gasteiger partial charge in [-0.15, -0.1) is 11.3 Å². The number of ether oxygens (including phenoxy) is 1. The van der Waals surface area contributed by atoms with Crippen molar-refractivity contribution in [3.05, 3.63) is 49.6 Å². The number of hydrogen-bond donors (Lipinski definition) is 2. The van der Waals surface area contributed by atoms with Crippen LogP contribution in [0.4, 0.5) is 0 Å². The minimum absolute atomic E-state index is 0.0179. The molecule has 1 aromatic carbocycles. The Morgan fingerprint density at radius 3 is 2.75 bits per heavy atom. The van der Waals surface area contributed by atoms with Crippen LogP contribution in [0.15, 0.2) is 34.8 Å². The van der Waals surface area contributed by atoms with E-state index in [1.165, 1.54) is 11.3 Å². The monoisotopic (exact) mass is 375 g/mol. The first-order chi connectivity index (χ1) is 9.63. The second-order valence-corrected chi connectivity index (χ2v) is 6.86. The van der Waals surface area contributed by atoms with Crippen molar-refractivity contribution in [2.45, 2.75) is 12.6 Å². The Labute approximate surface area is 135 Å². The van der Waals surface area contributed by atoms with Gasteiger partial charge in [-0.2, -0.15) is 0 Å². The Kier molecular flexibility index (Phi) is 5.86. The van der Waals surface area contributed by atoms with Crippen LogP contribution in [0.25, 0.3) is 0 Å². The molecule has 1 atom stereocenters. The molecular formula is C14H15BrClNO2S. The summed E-state index contributed by atoms with van der Waals surface area (Å²) in [5.41, 5.74) is 0.996. The highest BCUT2D eigenvalue weighted by Crippen LogP contribution is 2.28. The van der Waals surface area contributed by atoms with Gasteiger partial charge in [-0.25, -0.2) is 0 Å². The van der Waals surface area contributed by atoms with Crippen LogP contribution in [-0.4, -0.2) is 18.8 Å². The molecule has 1 aromatic heterocycles. The Hall–Kier alpha value is -0.590. The maximum absolute atomic E-state index is 9.58. The summed E-state index contributed by atoms with van der Waals surface area (Å²) in [6.07, 6.45) is 0. The zero-order valence-corrected chi connectivity index (χ0v) is 14.1. The van der Waals surface area contributed by atoms with Crippen molar-refractivity contribution in [2.24, 2.45) is 0 Å². The van der Waals surface area contributed by atoms with Crippen LogP contribution < -0.4 is 10.1 Å². The lowest BCUT2D eigenvalue weighted by atomic mass is 10.1. The van der Waals surface area contributed by atoms with Gasteiger partial charge in [-0.1, -0.05) is 33.6 Å². The van der Waals surface area contributed by atoms with Gasteiger partial charge < -0.3 is 15.2 Å². The standard InChI is InChI=1S/C14H15BrClNO2S/c1-19-9-2-4-11(12(15)6-9)13(8-18)17-7-10-3-5-14(16)20-10/h2-6,13,17-18H,7-8H2,1H3/t13-/m1/s1. The molecule has 1 heterocycles. The number of thiophene rings is 1. The molecule has 2 aromatic rings. The van der Waals surface area contributed by atoms with Gasteiger partial charge in [-0.05, 0) is 29.8 Å². The van der Waals surface area contributed by atoms with Crippen molar-refractivity contribution in [2.75, 3.05) is 13.7 Å². The average molecular weight is 377 g/mol. The van der Waals surface area contributed by atoms with Crippen LogP contribution in [0, 0.1) is 0 Å². The van der Waals surface area contributed by atoms with Crippen LogP contribution in [0.1, 0.15) is 16.5 Å². The average Bonchev–Trinajstić information content (AvgIpc) is 2.86. The first kappa shape index (κ1) is 15.8. The van der Waals surface area contributed by atoms with Gasteiger partial charge in [0.1, 0.15) is 5.75 Å². The minimum atomic E-state index is -0.142. The predicted octanol–water partition coefficient (Wildman–Crippen LogP) is 4.00. The summed E-state index contributed by atoms with van der Waals surface area (Å²) in [5.74, 6) is 0.780. The van der Waals surface area contributed by atoms with Gasteiger partial charge in [0, 0.05) is 15.9 Å². The fourth-order valence-electron chi connectivity index (χ4n) is 1.86. The first-order valence-corrected chi connectivity index (χ1v) is 8.04. The van der Waals surface area contributed by atoms with E-state index in [2.05, 4.69) is 21.2 Å². The summed E-state index contributed by atoms with van der Waals surface area (Å²) in [4.78, 5) is 1.14. The lowest BCUT2D eigenvalue weighted by Crippen LogP contribution is -2.24. The van der Waals surface area contributed by atoms with E-state index < -0.39 is 0 Å². The van der Waals surface area contributed by atoms with Gasteiger partial charge in [0.25, 0.3) is 0 Å². The predicted molar refractivity (Wildman–Crippen MR) is 86.7 cm³/mol. The molecule has 0 spiro atoms. The lowest BCUT2D eigenvalue weighted by molar-refractivity contribution is 0.243. The Bertz CT molecular complexity index is 576. The molecule has 0 aliphatic heterocycles. The highest BCUT2D eigenvalue weighted by atomic mass is 79.9. The molecule has 0 saturated heterocycles. The van der Waals surface area contributed by atoms with Gasteiger partial charge >= 0.3 is 0 Å². The van der Waals surface area contributed by atoms with Crippen LogP contribution in [-0.2, 0) is 6.54 Å². The number of aliphatic hydroxyl groups excluding tert-OH is 1. The maximum Gasteiger partial charge on any atom is 0.120 e. The van der Waals surface area contributed by atoms with Gasteiger partial charge in [-0.3, -0.25) is 0 Å². The van der Waals surface area contributed by atoms with E-state index in [0.717, 1.165) is 25.0 Å². The summed E-state index contributed by atoms with van der Waals surface area (Å²) in [7, 11) is 1.63.